The number of halogens is 3. The fourth-order valence-electron chi connectivity index (χ4n) is 1.01. The third kappa shape index (κ3) is 4.87. The maximum Gasteiger partial charge on any atom is 0.391 e. The number of nitrogens with one attached hydrogen (secondary N) is 1. The minimum absolute atomic E-state index is 0.0260. The fraction of sp³-hybridized carbons (Fsp3) is 0.444. The molecule has 0 saturated heterocycles. The lowest BCUT2D eigenvalue weighted by Gasteiger charge is -2.05. The van der Waals surface area contributed by atoms with Crippen molar-refractivity contribution in [1.82, 2.24) is 5.43 Å². The van der Waals surface area contributed by atoms with Crippen molar-refractivity contribution in [2.45, 2.75) is 19.2 Å². The van der Waals surface area contributed by atoms with Gasteiger partial charge in [-0.25, -0.2) is 5.84 Å². The molecule has 96 valence electrons. The van der Waals surface area contributed by atoms with Crippen LogP contribution in [-0.2, 0) is 11.3 Å². The molecule has 1 heterocycles. The Bertz CT molecular complexity index is 376. The second kappa shape index (κ2) is 5.69. The lowest BCUT2D eigenvalue weighted by molar-refractivity contribution is -0.146. The fourth-order valence-corrected chi connectivity index (χ4v) is 1.01. The molecule has 3 N–H and O–H groups in total. The van der Waals surface area contributed by atoms with E-state index < -0.39 is 25.1 Å². The van der Waals surface area contributed by atoms with E-state index in [2.05, 4.69) is 0 Å². The van der Waals surface area contributed by atoms with Gasteiger partial charge in [-0.05, 0) is 12.1 Å². The first-order valence-electron chi connectivity index (χ1n) is 4.66. The van der Waals surface area contributed by atoms with Gasteiger partial charge in [0, 0.05) is 0 Å². The zero-order valence-electron chi connectivity index (χ0n) is 8.71. The molecule has 0 aliphatic heterocycles. The largest absolute Gasteiger partial charge is 0.453 e. The van der Waals surface area contributed by atoms with Crippen LogP contribution in [0.2, 0.25) is 0 Å². The summed E-state index contributed by atoms with van der Waals surface area (Å²) in [5.74, 6) is 4.48. The number of ether oxygens (including phenoxy) is 1. The van der Waals surface area contributed by atoms with E-state index in [1.54, 1.807) is 0 Å². The third-order valence-corrected chi connectivity index (χ3v) is 1.79. The molecule has 0 aliphatic rings. The van der Waals surface area contributed by atoms with Crippen molar-refractivity contribution in [3.63, 3.8) is 0 Å². The predicted octanol–water partition coefficient (Wildman–Crippen LogP) is 1.35. The van der Waals surface area contributed by atoms with Gasteiger partial charge in [-0.2, -0.15) is 13.2 Å². The van der Waals surface area contributed by atoms with Crippen LogP contribution < -0.4 is 11.3 Å². The van der Waals surface area contributed by atoms with E-state index in [0.29, 0.717) is 0 Å². The lowest BCUT2D eigenvalue weighted by atomic mass is 10.4. The Labute approximate surface area is 94.7 Å². The molecule has 0 aliphatic carbocycles. The molecule has 1 rings (SSSR count). The summed E-state index contributed by atoms with van der Waals surface area (Å²) in [4.78, 5) is 11.0. The summed E-state index contributed by atoms with van der Waals surface area (Å²) in [7, 11) is 0. The lowest BCUT2D eigenvalue weighted by Crippen LogP contribution is -2.29. The number of alkyl halides is 3. The van der Waals surface area contributed by atoms with Crippen molar-refractivity contribution in [1.29, 1.82) is 0 Å². The van der Waals surface area contributed by atoms with Gasteiger partial charge < -0.3 is 9.15 Å². The second-order valence-electron chi connectivity index (χ2n) is 3.16. The number of hydrazine groups is 1. The smallest absolute Gasteiger partial charge is 0.391 e. The maximum atomic E-state index is 11.8. The highest BCUT2D eigenvalue weighted by molar-refractivity contribution is 5.90. The number of carbonyl (C=O) groups excluding carboxylic acids is 1. The Morgan fingerprint density at radius 3 is 2.76 bits per heavy atom. The summed E-state index contributed by atoms with van der Waals surface area (Å²) >= 11 is 0. The molecule has 0 atom stereocenters. The van der Waals surface area contributed by atoms with Crippen LogP contribution >= 0.6 is 0 Å². The molecule has 5 nitrogen and oxygen atoms in total. The highest BCUT2D eigenvalue weighted by Gasteiger charge is 2.26. The Morgan fingerprint density at radius 2 is 2.18 bits per heavy atom. The van der Waals surface area contributed by atoms with Crippen molar-refractivity contribution in [3.8, 4) is 0 Å². The summed E-state index contributed by atoms with van der Waals surface area (Å²) in [6, 6.07) is 2.78. The Hall–Kier alpha value is -1.54. The molecule has 0 bridgehead atoms. The number of nitrogens with two attached hydrogens (primary N) is 1. The summed E-state index contributed by atoms with van der Waals surface area (Å²) in [5.41, 5.74) is 1.86. The van der Waals surface area contributed by atoms with Gasteiger partial charge in [0.2, 0.25) is 0 Å². The van der Waals surface area contributed by atoms with E-state index in [1.807, 2.05) is 5.43 Å². The monoisotopic (exact) mass is 252 g/mol. The van der Waals surface area contributed by atoms with Crippen molar-refractivity contribution in [3.05, 3.63) is 23.7 Å². The van der Waals surface area contributed by atoms with Gasteiger partial charge in [-0.1, -0.05) is 0 Å². The third-order valence-electron chi connectivity index (χ3n) is 1.79. The highest BCUT2D eigenvalue weighted by Crippen LogP contribution is 2.19. The van der Waals surface area contributed by atoms with Gasteiger partial charge in [0.1, 0.15) is 12.4 Å². The average molecular weight is 252 g/mol. The summed E-state index contributed by atoms with van der Waals surface area (Å²) in [6.45, 7) is -0.587. The molecule has 17 heavy (non-hydrogen) atoms. The Morgan fingerprint density at radius 1 is 1.47 bits per heavy atom. The van der Waals surface area contributed by atoms with Crippen molar-refractivity contribution in [2.24, 2.45) is 5.84 Å². The molecular weight excluding hydrogens is 241 g/mol. The number of furan rings is 1. The van der Waals surface area contributed by atoms with Gasteiger partial charge in [0.25, 0.3) is 0 Å². The van der Waals surface area contributed by atoms with Gasteiger partial charge in [0.15, 0.2) is 5.76 Å². The summed E-state index contributed by atoms with van der Waals surface area (Å²) < 4.78 is 45.0. The molecule has 0 saturated carbocycles. The SMILES string of the molecule is NNC(=O)c1ccc(COCCC(F)(F)F)o1. The Balaban J connectivity index is 2.33. The summed E-state index contributed by atoms with van der Waals surface area (Å²) in [5, 5.41) is 0. The van der Waals surface area contributed by atoms with Gasteiger partial charge in [-0.3, -0.25) is 10.2 Å². The van der Waals surface area contributed by atoms with E-state index in [4.69, 9.17) is 15.0 Å². The van der Waals surface area contributed by atoms with E-state index in [-0.39, 0.29) is 18.1 Å². The maximum absolute atomic E-state index is 11.8. The second-order valence-corrected chi connectivity index (χ2v) is 3.16. The normalized spacial score (nSPS) is 11.5. The van der Waals surface area contributed by atoms with Crippen LogP contribution in [0.25, 0.3) is 0 Å². The number of hydrogen-bond donors (Lipinski definition) is 2. The van der Waals surface area contributed by atoms with Crippen LogP contribution in [0.1, 0.15) is 22.7 Å². The molecule has 0 aromatic carbocycles. The number of nitrogen functional groups attached to an aromatic ring is 1. The molecule has 0 fully saturated rings. The van der Waals surface area contributed by atoms with E-state index in [9.17, 15) is 18.0 Å². The molecule has 1 aromatic heterocycles. The average Bonchev–Trinajstić information content (AvgIpc) is 2.70. The number of hydrogen-bond acceptors (Lipinski definition) is 4. The number of carbonyl (C=O) groups is 1. The molecule has 0 unspecified atom stereocenters. The minimum Gasteiger partial charge on any atom is -0.453 e. The molecule has 8 heteroatoms. The van der Waals surface area contributed by atoms with Crippen molar-refractivity contribution in [2.75, 3.05) is 6.61 Å². The van der Waals surface area contributed by atoms with Crippen LogP contribution in [-0.4, -0.2) is 18.7 Å². The van der Waals surface area contributed by atoms with E-state index in [1.165, 1.54) is 12.1 Å². The molecule has 0 radical (unpaired) electrons. The number of amides is 1. The highest BCUT2D eigenvalue weighted by atomic mass is 19.4. The standard InChI is InChI=1S/C9H11F3N2O3/c10-9(11,12)3-4-16-5-6-1-2-7(17-6)8(15)14-13/h1-2H,3-5,13H2,(H,14,15). The molecule has 0 spiro atoms. The Kier molecular flexibility index (Phi) is 4.53. The van der Waals surface area contributed by atoms with Gasteiger partial charge >= 0.3 is 12.1 Å². The topological polar surface area (TPSA) is 77.5 Å². The first-order valence-corrected chi connectivity index (χ1v) is 4.66. The van der Waals surface area contributed by atoms with E-state index >= 15 is 0 Å². The quantitative estimate of drug-likeness (QED) is 0.359. The van der Waals surface area contributed by atoms with Crippen molar-refractivity contribution < 1.29 is 27.1 Å². The van der Waals surface area contributed by atoms with Crippen LogP contribution in [0.4, 0.5) is 13.2 Å². The van der Waals surface area contributed by atoms with Crippen molar-refractivity contribution >= 4 is 5.91 Å². The van der Waals surface area contributed by atoms with Crippen LogP contribution in [0.5, 0.6) is 0 Å². The first kappa shape index (κ1) is 13.5. The molecule has 1 amide bonds. The van der Waals surface area contributed by atoms with E-state index in [0.717, 1.165) is 0 Å². The predicted molar refractivity (Wildman–Crippen MR) is 50.7 cm³/mol. The van der Waals surface area contributed by atoms with Crippen LogP contribution in [0, 0.1) is 0 Å². The molecule has 1 aromatic rings. The number of rotatable bonds is 5. The molecular formula is C9H11F3N2O3. The summed E-state index contributed by atoms with van der Waals surface area (Å²) in [6.07, 6.45) is -5.27. The zero-order chi connectivity index (χ0) is 12.9. The van der Waals surface area contributed by atoms with Crippen LogP contribution in [0.3, 0.4) is 0 Å². The van der Waals surface area contributed by atoms with Crippen LogP contribution in [0.15, 0.2) is 16.5 Å². The van der Waals surface area contributed by atoms with Gasteiger partial charge in [-0.15, -0.1) is 0 Å². The first-order chi connectivity index (χ1) is 7.92. The zero-order valence-corrected chi connectivity index (χ0v) is 8.71. The van der Waals surface area contributed by atoms with Gasteiger partial charge in [0.05, 0.1) is 13.0 Å². The minimum atomic E-state index is -4.24.